The molecule has 0 bridgehead atoms. The zero-order valence-corrected chi connectivity index (χ0v) is 11.6. The number of rotatable bonds is 6. The third-order valence-corrected chi connectivity index (χ3v) is 3.20. The molecule has 0 unspecified atom stereocenters. The van der Waals surface area contributed by atoms with Crippen molar-refractivity contribution in [2.45, 2.75) is 6.10 Å². The van der Waals surface area contributed by atoms with E-state index in [1.54, 1.807) is 18.2 Å². The van der Waals surface area contributed by atoms with E-state index in [1.165, 1.54) is 0 Å². The maximum Gasteiger partial charge on any atom is 0.185 e. The molecule has 1 aliphatic rings. The highest BCUT2D eigenvalue weighted by Gasteiger charge is 2.22. The number of ether oxygens (including phenoxy) is 2. The fraction of sp³-hybridized carbons (Fsp3) is 0.167. The van der Waals surface area contributed by atoms with E-state index in [0.29, 0.717) is 12.2 Å². The number of carbonyl (C=O) groups excluding carboxylic acids is 1. The second kappa shape index (κ2) is 6.37. The van der Waals surface area contributed by atoms with Crippen molar-refractivity contribution >= 4 is 11.9 Å². The zero-order valence-electron chi connectivity index (χ0n) is 11.6. The molecule has 0 aromatic heterocycles. The fourth-order valence-electron chi connectivity index (χ4n) is 1.90. The van der Waals surface area contributed by atoms with Gasteiger partial charge in [-0.2, -0.15) is 0 Å². The van der Waals surface area contributed by atoms with Crippen molar-refractivity contribution in [3.8, 4) is 5.75 Å². The van der Waals surface area contributed by atoms with Gasteiger partial charge in [-0.15, -0.1) is 0 Å². The van der Waals surface area contributed by atoms with Crippen LogP contribution in [0.25, 0.3) is 6.08 Å². The van der Waals surface area contributed by atoms with Crippen LogP contribution in [0.15, 0.2) is 60.7 Å². The molecule has 0 radical (unpaired) electrons. The largest absolute Gasteiger partial charge is 0.491 e. The number of benzene rings is 2. The molecule has 1 atom stereocenters. The standard InChI is InChI=1S/C18H16O3/c19-18(11-6-14-4-2-1-3-5-14)15-7-9-16(10-8-15)20-12-17-13-21-17/h1-11,17H,12-13H2/b11-6+/t17-/m1/s1. The van der Waals surface area contributed by atoms with Crippen LogP contribution in [0.4, 0.5) is 0 Å². The second-order valence-electron chi connectivity index (χ2n) is 4.90. The van der Waals surface area contributed by atoms with Gasteiger partial charge in [-0.3, -0.25) is 4.79 Å². The molecule has 0 spiro atoms. The average Bonchev–Trinajstić information content (AvgIpc) is 3.36. The Morgan fingerprint density at radius 2 is 1.86 bits per heavy atom. The molecule has 1 fully saturated rings. The zero-order chi connectivity index (χ0) is 14.5. The van der Waals surface area contributed by atoms with E-state index in [2.05, 4.69) is 0 Å². The minimum atomic E-state index is -0.0177. The molecule has 3 heteroatoms. The second-order valence-corrected chi connectivity index (χ2v) is 4.90. The fourth-order valence-corrected chi connectivity index (χ4v) is 1.90. The van der Waals surface area contributed by atoms with Crippen molar-refractivity contribution in [3.05, 3.63) is 71.8 Å². The highest BCUT2D eigenvalue weighted by molar-refractivity contribution is 6.06. The van der Waals surface area contributed by atoms with Crippen LogP contribution in [0, 0.1) is 0 Å². The van der Waals surface area contributed by atoms with Crippen LogP contribution in [-0.2, 0) is 4.74 Å². The maximum atomic E-state index is 12.1. The molecule has 3 rings (SSSR count). The molecular weight excluding hydrogens is 264 g/mol. The van der Waals surface area contributed by atoms with Gasteiger partial charge in [-0.05, 0) is 35.9 Å². The Kier molecular flexibility index (Phi) is 4.12. The van der Waals surface area contributed by atoms with Crippen molar-refractivity contribution in [2.75, 3.05) is 13.2 Å². The molecule has 1 saturated heterocycles. The summed E-state index contributed by atoms with van der Waals surface area (Å²) in [6.07, 6.45) is 3.64. The summed E-state index contributed by atoms with van der Waals surface area (Å²) in [4.78, 5) is 12.1. The first-order valence-corrected chi connectivity index (χ1v) is 6.93. The third-order valence-electron chi connectivity index (χ3n) is 3.20. The number of carbonyl (C=O) groups is 1. The lowest BCUT2D eigenvalue weighted by atomic mass is 10.1. The molecule has 0 N–H and O–H groups in total. The predicted molar refractivity (Wildman–Crippen MR) is 81.5 cm³/mol. The highest BCUT2D eigenvalue weighted by atomic mass is 16.6. The molecule has 1 aliphatic heterocycles. The van der Waals surface area contributed by atoms with Crippen molar-refractivity contribution in [1.29, 1.82) is 0 Å². The van der Waals surface area contributed by atoms with E-state index in [0.717, 1.165) is 17.9 Å². The van der Waals surface area contributed by atoms with Gasteiger partial charge in [0.25, 0.3) is 0 Å². The van der Waals surface area contributed by atoms with Crippen LogP contribution >= 0.6 is 0 Å². The van der Waals surface area contributed by atoms with E-state index < -0.39 is 0 Å². The van der Waals surface area contributed by atoms with Gasteiger partial charge in [0, 0.05) is 5.56 Å². The van der Waals surface area contributed by atoms with Crippen LogP contribution in [0.5, 0.6) is 5.75 Å². The number of epoxide rings is 1. The number of ketones is 1. The van der Waals surface area contributed by atoms with Crippen molar-refractivity contribution in [2.24, 2.45) is 0 Å². The van der Waals surface area contributed by atoms with E-state index in [-0.39, 0.29) is 11.9 Å². The molecule has 106 valence electrons. The van der Waals surface area contributed by atoms with Gasteiger partial charge in [0.2, 0.25) is 0 Å². The van der Waals surface area contributed by atoms with Gasteiger partial charge >= 0.3 is 0 Å². The van der Waals surface area contributed by atoms with Gasteiger partial charge in [0.15, 0.2) is 5.78 Å². The summed E-state index contributed by atoms with van der Waals surface area (Å²) in [6.45, 7) is 1.35. The Labute approximate surface area is 123 Å². The first kappa shape index (κ1) is 13.6. The number of hydrogen-bond donors (Lipinski definition) is 0. The first-order valence-electron chi connectivity index (χ1n) is 6.93. The average molecular weight is 280 g/mol. The van der Waals surface area contributed by atoms with Crippen LogP contribution < -0.4 is 4.74 Å². The van der Waals surface area contributed by atoms with E-state index >= 15 is 0 Å². The Morgan fingerprint density at radius 3 is 2.52 bits per heavy atom. The smallest absolute Gasteiger partial charge is 0.185 e. The molecule has 0 saturated carbocycles. The highest BCUT2D eigenvalue weighted by Crippen LogP contribution is 2.16. The SMILES string of the molecule is O=C(/C=C/c1ccccc1)c1ccc(OC[C@@H]2CO2)cc1. The normalized spacial score (nSPS) is 16.9. The lowest BCUT2D eigenvalue weighted by molar-refractivity contribution is 0.104. The number of hydrogen-bond acceptors (Lipinski definition) is 3. The van der Waals surface area contributed by atoms with Gasteiger partial charge in [-0.1, -0.05) is 36.4 Å². The molecular formula is C18H16O3. The predicted octanol–water partition coefficient (Wildman–Crippen LogP) is 3.36. The minimum absolute atomic E-state index is 0.0177. The van der Waals surface area contributed by atoms with Crippen LogP contribution in [-0.4, -0.2) is 25.1 Å². The summed E-state index contributed by atoms with van der Waals surface area (Å²) >= 11 is 0. The lowest BCUT2D eigenvalue weighted by Gasteiger charge is -2.04. The van der Waals surface area contributed by atoms with Gasteiger partial charge in [-0.25, -0.2) is 0 Å². The van der Waals surface area contributed by atoms with Gasteiger partial charge in [0.1, 0.15) is 18.5 Å². The lowest BCUT2D eigenvalue weighted by Crippen LogP contribution is -2.04. The van der Waals surface area contributed by atoms with E-state index in [4.69, 9.17) is 9.47 Å². The maximum absolute atomic E-state index is 12.1. The molecule has 21 heavy (non-hydrogen) atoms. The van der Waals surface area contributed by atoms with Gasteiger partial charge in [0.05, 0.1) is 6.61 Å². The van der Waals surface area contributed by atoms with E-state index in [9.17, 15) is 4.79 Å². The molecule has 2 aromatic rings. The summed E-state index contributed by atoms with van der Waals surface area (Å²) in [7, 11) is 0. The molecule has 0 aliphatic carbocycles. The Hall–Kier alpha value is -2.39. The van der Waals surface area contributed by atoms with E-state index in [1.807, 2.05) is 48.5 Å². The topological polar surface area (TPSA) is 38.8 Å². The molecule has 1 heterocycles. The van der Waals surface area contributed by atoms with Crippen LogP contribution in [0.1, 0.15) is 15.9 Å². The molecule has 2 aromatic carbocycles. The van der Waals surface area contributed by atoms with Crippen LogP contribution in [0.2, 0.25) is 0 Å². The monoisotopic (exact) mass is 280 g/mol. The quantitative estimate of drug-likeness (QED) is 0.462. The molecule has 0 amide bonds. The Bertz CT molecular complexity index is 625. The van der Waals surface area contributed by atoms with Crippen LogP contribution in [0.3, 0.4) is 0 Å². The Balaban J connectivity index is 1.60. The van der Waals surface area contributed by atoms with Crippen molar-refractivity contribution in [1.82, 2.24) is 0 Å². The first-order chi connectivity index (χ1) is 10.3. The summed E-state index contributed by atoms with van der Waals surface area (Å²) in [6, 6.07) is 16.9. The summed E-state index contributed by atoms with van der Waals surface area (Å²) < 4.78 is 10.6. The summed E-state index contributed by atoms with van der Waals surface area (Å²) in [5.74, 6) is 0.741. The Morgan fingerprint density at radius 1 is 1.14 bits per heavy atom. The molecule has 3 nitrogen and oxygen atoms in total. The van der Waals surface area contributed by atoms with Gasteiger partial charge < -0.3 is 9.47 Å². The van der Waals surface area contributed by atoms with Crippen molar-refractivity contribution in [3.63, 3.8) is 0 Å². The summed E-state index contributed by atoms with van der Waals surface area (Å²) in [5, 5.41) is 0. The number of allylic oxidation sites excluding steroid dienone is 1. The third kappa shape index (κ3) is 4.04. The minimum Gasteiger partial charge on any atom is -0.491 e. The van der Waals surface area contributed by atoms with Crippen molar-refractivity contribution < 1.29 is 14.3 Å². The summed E-state index contributed by atoms with van der Waals surface area (Å²) in [5.41, 5.74) is 1.66.